The van der Waals surface area contributed by atoms with E-state index < -0.39 is 0 Å². The van der Waals surface area contributed by atoms with Gasteiger partial charge in [-0.15, -0.1) is 0 Å². The zero-order valence-corrected chi connectivity index (χ0v) is 8.30. The topological polar surface area (TPSA) is 25.8 Å². The molecule has 12 heavy (non-hydrogen) atoms. The van der Waals surface area contributed by atoms with Crippen molar-refractivity contribution in [3.63, 3.8) is 0 Å². The van der Waals surface area contributed by atoms with Crippen LogP contribution < -0.4 is 0 Å². The molecule has 0 aliphatic heterocycles. The van der Waals surface area contributed by atoms with Gasteiger partial charge in [-0.3, -0.25) is 0 Å². The minimum atomic E-state index is 0.479. The third kappa shape index (κ3) is 1.19. The van der Waals surface area contributed by atoms with E-state index in [9.17, 15) is 0 Å². The van der Waals surface area contributed by atoms with Gasteiger partial charge in [-0.1, -0.05) is 17.7 Å². The number of aromatic nitrogens is 2. The number of rotatable bonds is 0. The van der Waals surface area contributed by atoms with Gasteiger partial charge >= 0.3 is 0 Å². The van der Waals surface area contributed by atoms with Crippen molar-refractivity contribution in [2.75, 3.05) is 0 Å². The van der Waals surface area contributed by atoms with Crippen LogP contribution in [0.3, 0.4) is 0 Å². The second kappa shape index (κ2) is 2.99. The highest BCUT2D eigenvalue weighted by atomic mass is 79.9. The summed E-state index contributed by atoms with van der Waals surface area (Å²) in [5.74, 6) is 0. The van der Waals surface area contributed by atoms with Gasteiger partial charge in [0, 0.05) is 4.47 Å². The van der Waals surface area contributed by atoms with Crippen molar-refractivity contribution in [3.05, 3.63) is 34.2 Å². The quantitative estimate of drug-likeness (QED) is 0.665. The van der Waals surface area contributed by atoms with Crippen LogP contribution in [0.4, 0.5) is 0 Å². The van der Waals surface area contributed by atoms with Crippen molar-refractivity contribution in [1.82, 2.24) is 9.97 Å². The minimum Gasteiger partial charge on any atom is -0.236 e. The summed E-state index contributed by atoms with van der Waals surface area (Å²) in [5.41, 5.74) is 0.851. The highest BCUT2D eigenvalue weighted by Gasteiger charge is 2.03. The molecule has 0 atom stereocenters. The van der Waals surface area contributed by atoms with Crippen LogP contribution in [0, 0.1) is 0 Å². The van der Waals surface area contributed by atoms with Crippen molar-refractivity contribution in [2.24, 2.45) is 0 Å². The summed E-state index contributed by atoms with van der Waals surface area (Å²) in [4.78, 5) is 7.97. The monoisotopic (exact) mass is 242 g/mol. The molecule has 1 aromatic carbocycles. The first kappa shape index (κ1) is 7.95. The molecular weight excluding hydrogens is 239 g/mol. The number of benzene rings is 1. The molecule has 4 heteroatoms. The van der Waals surface area contributed by atoms with Crippen LogP contribution in [0.2, 0.25) is 5.15 Å². The number of hydrogen-bond acceptors (Lipinski definition) is 2. The fourth-order valence-corrected chi connectivity index (χ4v) is 1.93. The van der Waals surface area contributed by atoms with E-state index in [1.807, 2.05) is 18.2 Å². The standard InChI is InChI=1S/C8H4BrClN2/c9-5-2-1-3-6-7(5)8(10)12-4-11-6/h1-4H. The molecule has 0 spiro atoms. The first-order valence-electron chi connectivity index (χ1n) is 3.34. The van der Waals surface area contributed by atoms with Crippen LogP contribution in [0.25, 0.3) is 10.9 Å². The first-order chi connectivity index (χ1) is 5.79. The lowest BCUT2D eigenvalue weighted by molar-refractivity contribution is 1.22. The molecule has 0 N–H and O–H groups in total. The fraction of sp³-hybridized carbons (Fsp3) is 0. The predicted octanol–water partition coefficient (Wildman–Crippen LogP) is 3.05. The molecule has 1 heterocycles. The van der Waals surface area contributed by atoms with E-state index in [1.54, 1.807) is 0 Å². The number of halogens is 2. The summed E-state index contributed by atoms with van der Waals surface area (Å²) in [6, 6.07) is 5.72. The average molecular weight is 243 g/mol. The number of nitrogens with zero attached hydrogens (tertiary/aromatic N) is 2. The third-order valence-corrected chi connectivity index (χ3v) is 2.51. The van der Waals surface area contributed by atoms with E-state index in [-0.39, 0.29) is 0 Å². The van der Waals surface area contributed by atoms with Crippen molar-refractivity contribution in [2.45, 2.75) is 0 Å². The molecule has 0 saturated heterocycles. The summed E-state index contributed by atoms with van der Waals surface area (Å²) < 4.78 is 0.922. The molecular formula is C8H4BrClN2. The van der Waals surface area contributed by atoms with Crippen LogP contribution >= 0.6 is 27.5 Å². The Bertz CT molecular complexity index is 394. The molecule has 0 amide bonds. The maximum atomic E-state index is 5.88. The minimum absolute atomic E-state index is 0.479. The molecule has 2 nitrogen and oxygen atoms in total. The van der Waals surface area contributed by atoms with E-state index >= 15 is 0 Å². The van der Waals surface area contributed by atoms with Crippen LogP contribution in [-0.4, -0.2) is 9.97 Å². The number of fused-ring (bicyclic) bond motifs is 1. The van der Waals surface area contributed by atoms with Crippen molar-refractivity contribution < 1.29 is 0 Å². The Labute approximate surface area is 82.7 Å². The van der Waals surface area contributed by atoms with Gasteiger partial charge in [-0.05, 0) is 28.1 Å². The fourth-order valence-electron chi connectivity index (χ4n) is 1.03. The van der Waals surface area contributed by atoms with Gasteiger partial charge < -0.3 is 0 Å². The highest BCUT2D eigenvalue weighted by molar-refractivity contribution is 9.10. The van der Waals surface area contributed by atoms with E-state index in [1.165, 1.54) is 6.33 Å². The van der Waals surface area contributed by atoms with Gasteiger partial charge in [-0.2, -0.15) is 0 Å². The van der Waals surface area contributed by atoms with Gasteiger partial charge in [0.2, 0.25) is 0 Å². The summed E-state index contributed by atoms with van der Waals surface area (Å²) >= 11 is 9.26. The Kier molecular flexibility index (Phi) is 1.98. The second-order valence-electron chi connectivity index (χ2n) is 2.30. The molecule has 0 unspecified atom stereocenters. The van der Waals surface area contributed by atoms with E-state index in [4.69, 9.17) is 11.6 Å². The molecule has 0 saturated carbocycles. The summed E-state index contributed by atoms with van der Waals surface area (Å²) in [7, 11) is 0. The summed E-state index contributed by atoms with van der Waals surface area (Å²) in [6.07, 6.45) is 1.46. The largest absolute Gasteiger partial charge is 0.236 e. The SMILES string of the molecule is Clc1ncnc2cccc(Br)c12. The van der Waals surface area contributed by atoms with Gasteiger partial charge in [0.05, 0.1) is 10.9 Å². The third-order valence-electron chi connectivity index (χ3n) is 1.57. The Morgan fingerprint density at radius 2 is 2.08 bits per heavy atom. The normalized spacial score (nSPS) is 10.5. The lowest BCUT2D eigenvalue weighted by atomic mass is 10.2. The molecule has 0 radical (unpaired) electrons. The van der Waals surface area contributed by atoms with E-state index in [0.717, 1.165) is 15.4 Å². The molecule has 0 bridgehead atoms. The molecule has 0 aliphatic rings. The smallest absolute Gasteiger partial charge is 0.141 e. The van der Waals surface area contributed by atoms with Crippen LogP contribution in [-0.2, 0) is 0 Å². The Balaban J connectivity index is 2.96. The molecule has 1 aromatic heterocycles. The molecule has 60 valence electrons. The Morgan fingerprint density at radius 1 is 1.25 bits per heavy atom. The Morgan fingerprint density at radius 3 is 2.83 bits per heavy atom. The van der Waals surface area contributed by atoms with Gasteiger partial charge in [-0.25, -0.2) is 9.97 Å². The van der Waals surface area contributed by atoms with Crippen LogP contribution in [0.1, 0.15) is 0 Å². The van der Waals surface area contributed by atoms with Crippen LogP contribution in [0.15, 0.2) is 29.0 Å². The number of hydrogen-bond donors (Lipinski definition) is 0. The van der Waals surface area contributed by atoms with Gasteiger partial charge in [0.25, 0.3) is 0 Å². The van der Waals surface area contributed by atoms with Crippen molar-refractivity contribution in [1.29, 1.82) is 0 Å². The summed E-state index contributed by atoms with van der Waals surface area (Å²) in [6.45, 7) is 0. The van der Waals surface area contributed by atoms with Crippen molar-refractivity contribution >= 4 is 38.4 Å². The van der Waals surface area contributed by atoms with Gasteiger partial charge in [0.1, 0.15) is 11.5 Å². The van der Waals surface area contributed by atoms with E-state index in [0.29, 0.717) is 5.15 Å². The van der Waals surface area contributed by atoms with E-state index in [2.05, 4.69) is 25.9 Å². The highest BCUT2D eigenvalue weighted by Crippen LogP contribution is 2.26. The zero-order chi connectivity index (χ0) is 8.55. The van der Waals surface area contributed by atoms with Crippen molar-refractivity contribution in [3.8, 4) is 0 Å². The zero-order valence-electron chi connectivity index (χ0n) is 5.96. The maximum Gasteiger partial charge on any atom is 0.141 e. The maximum absolute atomic E-state index is 5.88. The summed E-state index contributed by atoms with van der Waals surface area (Å²) in [5, 5.41) is 1.34. The average Bonchev–Trinajstić information content (AvgIpc) is 2.04. The van der Waals surface area contributed by atoms with Gasteiger partial charge in [0.15, 0.2) is 0 Å². The molecule has 2 aromatic rings. The first-order valence-corrected chi connectivity index (χ1v) is 4.51. The lowest BCUT2D eigenvalue weighted by Crippen LogP contribution is -1.83. The molecule has 0 fully saturated rings. The second-order valence-corrected chi connectivity index (χ2v) is 3.51. The van der Waals surface area contributed by atoms with Crippen LogP contribution in [0.5, 0.6) is 0 Å². The Hall–Kier alpha value is -0.670. The predicted molar refractivity (Wildman–Crippen MR) is 52.2 cm³/mol. The molecule has 2 rings (SSSR count). The lowest BCUT2D eigenvalue weighted by Gasteiger charge is -1.99. The molecule has 0 aliphatic carbocycles.